The molecule has 0 aliphatic carbocycles. The van der Waals surface area contributed by atoms with Gasteiger partial charge in [-0.05, 0) is 30.3 Å². The summed E-state index contributed by atoms with van der Waals surface area (Å²) < 4.78 is 48.1. The van der Waals surface area contributed by atoms with Crippen LogP contribution in [-0.4, -0.2) is 39.7 Å². The van der Waals surface area contributed by atoms with Gasteiger partial charge in [0.1, 0.15) is 18.2 Å². The van der Waals surface area contributed by atoms with E-state index in [1.165, 1.54) is 19.3 Å². The summed E-state index contributed by atoms with van der Waals surface area (Å²) >= 11 is 0. The summed E-state index contributed by atoms with van der Waals surface area (Å²) in [6, 6.07) is 9.49. The lowest BCUT2D eigenvalue weighted by molar-refractivity contribution is 0.0899. The molecule has 2 heterocycles. The average molecular weight is 450 g/mol. The lowest BCUT2D eigenvalue weighted by Crippen LogP contribution is -2.22. The third kappa shape index (κ3) is 5.54. The summed E-state index contributed by atoms with van der Waals surface area (Å²) in [6.45, 7) is 7.84. The highest BCUT2D eigenvalue weighted by Crippen LogP contribution is 2.32. The molecule has 0 unspecified atom stereocenters. The highest BCUT2D eigenvalue weighted by Gasteiger charge is 2.17. The zero-order valence-corrected chi connectivity index (χ0v) is 19.6. The third-order valence-corrected chi connectivity index (χ3v) is 7.91. The van der Waals surface area contributed by atoms with Crippen molar-refractivity contribution < 1.29 is 17.5 Å². The molecule has 1 aromatic carbocycles. The molecule has 2 aromatic heterocycles. The molecular weight excluding hydrogens is 421 g/mol. The van der Waals surface area contributed by atoms with Gasteiger partial charge in [-0.15, -0.1) is 0 Å². The number of ether oxygens (including phenoxy) is 1. The number of halogens is 1. The molecule has 0 bridgehead atoms. The molecule has 0 amide bonds. The van der Waals surface area contributed by atoms with Crippen LogP contribution in [0.2, 0.25) is 25.7 Å². The van der Waals surface area contributed by atoms with E-state index in [-0.39, 0.29) is 11.6 Å². The van der Waals surface area contributed by atoms with E-state index >= 15 is 0 Å². The van der Waals surface area contributed by atoms with Crippen molar-refractivity contribution in [1.29, 1.82) is 0 Å². The van der Waals surface area contributed by atoms with E-state index in [1.54, 1.807) is 24.3 Å². The Morgan fingerprint density at radius 1 is 1.17 bits per heavy atom. The smallest absolute Gasteiger partial charge is 0.215 e. The number of hydrogen-bond donors (Lipinski definition) is 1. The monoisotopic (exact) mass is 449 g/mol. The van der Waals surface area contributed by atoms with Crippen molar-refractivity contribution in [2.75, 3.05) is 13.7 Å². The van der Waals surface area contributed by atoms with E-state index in [0.29, 0.717) is 35.5 Å². The van der Waals surface area contributed by atoms with Crippen molar-refractivity contribution in [3.05, 3.63) is 54.1 Å². The maximum absolute atomic E-state index is 14.7. The first-order valence-electron chi connectivity index (χ1n) is 9.81. The molecule has 0 saturated heterocycles. The third-order valence-electron chi connectivity index (χ3n) is 4.87. The number of benzene rings is 1. The van der Waals surface area contributed by atoms with Crippen LogP contribution < -0.4 is 4.72 Å². The maximum atomic E-state index is 14.7. The molecule has 0 fully saturated rings. The molecule has 162 valence electrons. The van der Waals surface area contributed by atoms with Gasteiger partial charge >= 0.3 is 0 Å². The zero-order valence-electron chi connectivity index (χ0n) is 17.8. The van der Waals surface area contributed by atoms with Gasteiger partial charge in [0, 0.05) is 32.6 Å². The highest BCUT2D eigenvalue weighted by atomic mass is 32.2. The van der Waals surface area contributed by atoms with Gasteiger partial charge in [-0.25, -0.2) is 22.5 Å². The van der Waals surface area contributed by atoms with Gasteiger partial charge in [0.25, 0.3) is 0 Å². The topological polar surface area (TPSA) is 73.2 Å². The van der Waals surface area contributed by atoms with E-state index in [0.717, 1.165) is 11.6 Å². The van der Waals surface area contributed by atoms with E-state index < -0.39 is 18.1 Å². The second kappa shape index (κ2) is 8.97. The fraction of sp³-hybridized carbons (Fsp3) is 0.381. The molecule has 3 rings (SSSR count). The molecule has 0 saturated carbocycles. The van der Waals surface area contributed by atoms with Crippen LogP contribution in [0, 0.1) is 5.82 Å². The number of pyridine rings is 1. The summed E-state index contributed by atoms with van der Waals surface area (Å²) in [7, 11) is -3.15. The number of rotatable bonds is 9. The van der Waals surface area contributed by atoms with Crippen LogP contribution in [0.4, 0.5) is 4.39 Å². The van der Waals surface area contributed by atoms with Gasteiger partial charge < -0.3 is 9.30 Å². The predicted octanol–water partition coefficient (Wildman–Crippen LogP) is 4.20. The SMILES string of the molecule is CNS(=O)(=O)Cc1ccc(-c2cn(COCC[Si](C)(C)C)c3nccc(F)c23)cc1. The maximum Gasteiger partial charge on any atom is 0.215 e. The fourth-order valence-electron chi connectivity index (χ4n) is 3.11. The van der Waals surface area contributed by atoms with Crippen molar-refractivity contribution >= 4 is 29.1 Å². The Bertz CT molecular complexity index is 1120. The molecule has 9 heteroatoms. The van der Waals surface area contributed by atoms with Crippen molar-refractivity contribution in [2.45, 2.75) is 38.2 Å². The molecular formula is C21H28FN3O3SSi. The second-order valence-corrected chi connectivity index (χ2v) is 16.1. The lowest BCUT2D eigenvalue weighted by Gasteiger charge is -2.15. The first-order chi connectivity index (χ1) is 14.1. The molecule has 1 N–H and O–H groups in total. The van der Waals surface area contributed by atoms with Crippen molar-refractivity contribution in [3.63, 3.8) is 0 Å². The minimum atomic E-state index is -3.35. The van der Waals surface area contributed by atoms with Gasteiger partial charge in [-0.2, -0.15) is 0 Å². The van der Waals surface area contributed by atoms with Gasteiger partial charge in [0.2, 0.25) is 10.0 Å². The minimum Gasteiger partial charge on any atom is -0.361 e. The minimum absolute atomic E-state index is 0.105. The predicted molar refractivity (Wildman–Crippen MR) is 121 cm³/mol. The average Bonchev–Trinajstić information content (AvgIpc) is 3.05. The summed E-state index contributed by atoms with van der Waals surface area (Å²) in [4.78, 5) is 4.36. The Labute approximate surface area is 178 Å². The Hall–Kier alpha value is -2.07. The normalized spacial score (nSPS) is 12.6. The molecule has 0 atom stereocenters. The summed E-state index contributed by atoms with van der Waals surface area (Å²) in [5, 5.41) is 0.432. The molecule has 0 aliphatic heterocycles. The van der Waals surface area contributed by atoms with Gasteiger partial charge in [0.15, 0.2) is 0 Å². The fourth-order valence-corrected chi connectivity index (χ4v) is 4.64. The van der Waals surface area contributed by atoms with Gasteiger partial charge in [-0.1, -0.05) is 43.9 Å². The quantitative estimate of drug-likeness (QED) is 0.392. The number of nitrogens with zero attached hydrogens (tertiary/aromatic N) is 2. The largest absolute Gasteiger partial charge is 0.361 e. The molecule has 30 heavy (non-hydrogen) atoms. The Kier molecular flexibility index (Phi) is 6.76. The van der Waals surface area contributed by atoms with Crippen molar-refractivity contribution in [1.82, 2.24) is 14.3 Å². The van der Waals surface area contributed by atoms with E-state index in [2.05, 4.69) is 29.3 Å². The molecule has 0 radical (unpaired) electrons. The molecule has 3 aromatic rings. The first kappa shape index (κ1) is 22.6. The second-order valence-electron chi connectivity index (χ2n) is 8.51. The van der Waals surface area contributed by atoms with E-state index in [9.17, 15) is 12.8 Å². The van der Waals surface area contributed by atoms with Crippen LogP contribution in [0.25, 0.3) is 22.2 Å². The van der Waals surface area contributed by atoms with Crippen LogP contribution in [0.5, 0.6) is 0 Å². The number of nitrogens with one attached hydrogen (secondary N) is 1. The number of aromatic nitrogens is 2. The van der Waals surface area contributed by atoms with Crippen molar-refractivity contribution in [2.24, 2.45) is 0 Å². The lowest BCUT2D eigenvalue weighted by atomic mass is 10.0. The Morgan fingerprint density at radius 3 is 2.50 bits per heavy atom. The summed E-state index contributed by atoms with van der Waals surface area (Å²) in [5.74, 6) is -0.454. The van der Waals surface area contributed by atoms with Crippen LogP contribution in [0.1, 0.15) is 5.56 Å². The van der Waals surface area contributed by atoms with Gasteiger partial charge in [0.05, 0.1) is 11.1 Å². The summed E-state index contributed by atoms with van der Waals surface area (Å²) in [5.41, 5.74) is 2.68. The van der Waals surface area contributed by atoms with E-state index in [1.807, 2.05) is 10.8 Å². The molecule has 0 spiro atoms. The van der Waals surface area contributed by atoms with Crippen molar-refractivity contribution in [3.8, 4) is 11.1 Å². The van der Waals surface area contributed by atoms with E-state index in [4.69, 9.17) is 4.74 Å². The van der Waals surface area contributed by atoms with Crippen LogP contribution in [0.3, 0.4) is 0 Å². The number of fused-ring (bicyclic) bond motifs is 1. The zero-order chi connectivity index (χ0) is 21.9. The van der Waals surface area contributed by atoms with Crippen LogP contribution in [-0.2, 0) is 27.2 Å². The van der Waals surface area contributed by atoms with Crippen LogP contribution in [0.15, 0.2) is 42.7 Å². The van der Waals surface area contributed by atoms with Crippen LogP contribution >= 0.6 is 0 Å². The molecule has 6 nitrogen and oxygen atoms in total. The number of sulfonamides is 1. The molecule has 0 aliphatic rings. The Morgan fingerprint density at radius 2 is 1.87 bits per heavy atom. The standard InChI is InChI=1S/C21H28FN3O3SSi/c1-23-29(26,27)14-16-5-7-17(8-6-16)18-13-25(15-28-11-12-30(2,3)4)21-20(18)19(22)9-10-24-21/h5-10,13,23H,11-12,14-15H2,1-4H3. The first-order valence-corrected chi connectivity index (χ1v) is 15.2. The Balaban J connectivity index is 1.89. The highest BCUT2D eigenvalue weighted by molar-refractivity contribution is 7.88. The summed E-state index contributed by atoms with van der Waals surface area (Å²) in [6.07, 6.45) is 3.29. The number of hydrogen-bond acceptors (Lipinski definition) is 4. The van der Waals surface area contributed by atoms with Gasteiger partial charge in [-0.3, -0.25) is 0 Å².